The van der Waals surface area contributed by atoms with Gasteiger partial charge in [0.05, 0.1) is 5.69 Å². The lowest BCUT2D eigenvalue weighted by molar-refractivity contribution is 0.0917. The number of benzene rings is 1. The van der Waals surface area contributed by atoms with Crippen molar-refractivity contribution in [2.24, 2.45) is 5.41 Å². The number of carbonyl (C=O) groups excluding carboxylic acids is 1. The van der Waals surface area contributed by atoms with Gasteiger partial charge in [-0.1, -0.05) is 37.3 Å². The van der Waals surface area contributed by atoms with Gasteiger partial charge >= 0.3 is 0 Å². The molecule has 2 aromatic rings. The number of carbonyl (C=O) groups is 1. The smallest absolute Gasteiger partial charge is 0.269 e. The molecule has 1 aromatic heterocycles. The number of nitrogens with one attached hydrogen (secondary N) is 3. The first-order chi connectivity index (χ1) is 10.7. The van der Waals surface area contributed by atoms with Gasteiger partial charge in [-0.2, -0.15) is 5.10 Å². The molecule has 2 heterocycles. The molecule has 0 spiro atoms. The molecule has 0 unspecified atom stereocenters. The molecular weight excluding hydrogens is 312 g/mol. The summed E-state index contributed by atoms with van der Waals surface area (Å²) < 4.78 is 0. The number of hydrogen-bond acceptors (Lipinski definition) is 3. The van der Waals surface area contributed by atoms with E-state index < -0.39 is 0 Å². The van der Waals surface area contributed by atoms with Gasteiger partial charge in [0.2, 0.25) is 0 Å². The van der Waals surface area contributed by atoms with Crippen molar-refractivity contribution in [2.45, 2.75) is 19.8 Å². The number of nitrogens with zero attached hydrogens (tertiary/aromatic N) is 1. The second kappa shape index (κ2) is 7.62. The van der Waals surface area contributed by atoms with Gasteiger partial charge < -0.3 is 10.6 Å². The van der Waals surface area contributed by atoms with Crippen molar-refractivity contribution in [3.63, 3.8) is 0 Å². The van der Waals surface area contributed by atoms with Crippen LogP contribution in [0.5, 0.6) is 0 Å². The maximum atomic E-state index is 12.3. The van der Waals surface area contributed by atoms with Gasteiger partial charge in [-0.3, -0.25) is 9.89 Å². The molecule has 0 aliphatic carbocycles. The second-order valence-corrected chi connectivity index (χ2v) is 6.28. The molecular formula is C17H23ClN4O. The quantitative estimate of drug-likeness (QED) is 0.805. The minimum absolute atomic E-state index is 0. The van der Waals surface area contributed by atoms with Gasteiger partial charge in [-0.05, 0) is 37.4 Å². The highest BCUT2D eigenvalue weighted by Gasteiger charge is 2.27. The van der Waals surface area contributed by atoms with E-state index in [0.29, 0.717) is 12.2 Å². The Morgan fingerprint density at radius 1 is 1.26 bits per heavy atom. The molecule has 5 nitrogen and oxygen atoms in total. The average Bonchev–Trinajstić information content (AvgIpc) is 3.04. The highest BCUT2D eigenvalue weighted by Crippen LogP contribution is 2.26. The third-order valence-corrected chi connectivity index (χ3v) is 4.38. The van der Waals surface area contributed by atoms with Crippen LogP contribution in [0.1, 0.15) is 30.3 Å². The summed E-state index contributed by atoms with van der Waals surface area (Å²) in [6.07, 6.45) is 2.18. The Morgan fingerprint density at radius 2 is 1.96 bits per heavy atom. The van der Waals surface area contributed by atoms with Gasteiger partial charge in [0.15, 0.2) is 0 Å². The molecule has 124 valence electrons. The van der Waals surface area contributed by atoms with Crippen LogP contribution in [0.4, 0.5) is 0 Å². The predicted octanol–water partition coefficient (Wildman–Crippen LogP) is 2.62. The van der Waals surface area contributed by atoms with Gasteiger partial charge in [0.1, 0.15) is 5.69 Å². The molecule has 1 aliphatic heterocycles. The number of halogens is 1. The topological polar surface area (TPSA) is 69.8 Å². The summed E-state index contributed by atoms with van der Waals surface area (Å²) in [5.74, 6) is -0.0885. The molecule has 1 aromatic carbocycles. The van der Waals surface area contributed by atoms with E-state index in [1.165, 1.54) is 0 Å². The molecule has 6 heteroatoms. The predicted molar refractivity (Wildman–Crippen MR) is 93.8 cm³/mol. The summed E-state index contributed by atoms with van der Waals surface area (Å²) >= 11 is 0. The molecule has 3 N–H and O–H groups in total. The van der Waals surface area contributed by atoms with Crippen LogP contribution < -0.4 is 10.6 Å². The van der Waals surface area contributed by atoms with Crippen LogP contribution in [0.15, 0.2) is 36.4 Å². The third-order valence-electron chi connectivity index (χ3n) is 4.38. The molecule has 1 amide bonds. The molecule has 3 rings (SSSR count). The van der Waals surface area contributed by atoms with Crippen molar-refractivity contribution in [1.82, 2.24) is 20.8 Å². The van der Waals surface area contributed by atoms with Gasteiger partial charge in [0.25, 0.3) is 5.91 Å². The van der Waals surface area contributed by atoms with Crippen molar-refractivity contribution < 1.29 is 4.79 Å². The zero-order valence-electron chi connectivity index (χ0n) is 13.3. The largest absolute Gasteiger partial charge is 0.350 e. The number of H-pyrrole nitrogens is 1. The number of hydrogen-bond donors (Lipinski definition) is 3. The average molecular weight is 335 g/mol. The van der Waals surface area contributed by atoms with Crippen LogP contribution in [0.25, 0.3) is 11.3 Å². The van der Waals surface area contributed by atoms with Crippen molar-refractivity contribution >= 4 is 18.3 Å². The Balaban J connectivity index is 0.00000192. The fraction of sp³-hybridized carbons (Fsp3) is 0.412. The van der Waals surface area contributed by atoms with Gasteiger partial charge in [-0.15, -0.1) is 12.4 Å². The number of rotatable bonds is 4. The highest BCUT2D eigenvalue weighted by molar-refractivity contribution is 5.93. The number of piperidine rings is 1. The molecule has 0 atom stereocenters. The Labute approximate surface area is 142 Å². The molecule has 1 fully saturated rings. The van der Waals surface area contributed by atoms with Crippen LogP contribution in [0.3, 0.4) is 0 Å². The SMILES string of the molecule is CC1(CNC(=O)c2cc(-c3ccccc3)n[nH]2)CCNCC1.Cl. The molecule has 0 radical (unpaired) electrons. The van der Waals surface area contributed by atoms with Crippen LogP contribution >= 0.6 is 12.4 Å². The van der Waals surface area contributed by atoms with Crippen molar-refractivity contribution in [2.75, 3.05) is 19.6 Å². The maximum Gasteiger partial charge on any atom is 0.269 e. The van der Waals surface area contributed by atoms with Crippen LogP contribution in [0.2, 0.25) is 0 Å². The fourth-order valence-corrected chi connectivity index (χ4v) is 2.79. The van der Waals surface area contributed by atoms with E-state index in [0.717, 1.165) is 37.2 Å². The van der Waals surface area contributed by atoms with Gasteiger partial charge in [-0.25, -0.2) is 0 Å². The lowest BCUT2D eigenvalue weighted by atomic mass is 9.81. The monoisotopic (exact) mass is 334 g/mol. The fourth-order valence-electron chi connectivity index (χ4n) is 2.79. The number of aromatic nitrogens is 2. The minimum atomic E-state index is -0.0885. The van der Waals surface area contributed by atoms with E-state index in [-0.39, 0.29) is 23.7 Å². The highest BCUT2D eigenvalue weighted by atomic mass is 35.5. The summed E-state index contributed by atoms with van der Waals surface area (Å²) in [5, 5.41) is 13.4. The molecule has 1 saturated heterocycles. The second-order valence-electron chi connectivity index (χ2n) is 6.28. The zero-order valence-corrected chi connectivity index (χ0v) is 14.1. The molecule has 0 saturated carbocycles. The minimum Gasteiger partial charge on any atom is -0.350 e. The van der Waals surface area contributed by atoms with E-state index in [4.69, 9.17) is 0 Å². The zero-order chi connectivity index (χ0) is 15.4. The lowest BCUT2D eigenvalue weighted by Crippen LogP contribution is -2.42. The summed E-state index contributed by atoms with van der Waals surface area (Å²) in [4.78, 5) is 12.3. The summed E-state index contributed by atoms with van der Waals surface area (Å²) in [6, 6.07) is 11.6. The normalized spacial score (nSPS) is 16.4. The summed E-state index contributed by atoms with van der Waals surface area (Å²) in [6.45, 7) is 4.98. The maximum absolute atomic E-state index is 12.3. The van der Waals surface area contributed by atoms with E-state index >= 15 is 0 Å². The van der Waals surface area contributed by atoms with E-state index in [9.17, 15) is 4.79 Å². The van der Waals surface area contributed by atoms with Crippen molar-refractivity contribution in [1.29, 1.82) is 0 Å². The van der Waals surface area contributed by atoms with Crippen LogP contribution in [-0.2, 0) is 0 Å². The first kappa shape index (κ1) is 17.5. The van der Waals surface area contributed by atoms with Crippen LogP contribution in [-0.4, -0.2) is 35.7 Å². The number of amides is 1. The van der Waals surface area contributed by atoms with E-state index in [2.05, 4.69) is 27.8 Å². The molecule has 0 bridgehead atoms. The summed E-state index contributed by atoms with van der Waals surface area (Å²) in [5.41, 5.74) is 2.49. The lowest BCUT2D eigenvalue weighted by Gasteiger charge is -2.34. The summed E-state index contributed by atoms with van der Waals surface area (Å²) in [7, 11) is 0. The van der Waals surface area contributed by atoms with Crippen molar-refractivity contribution in [3.8, 4) is 11.3 Å². The Morgan fingerprint density at radius 3 is 2.65 bits per heavy atom. The first-order valence-electron chi connectivity index (χ1n) is 7.76. The number of aromatic amines is 1. The third kappa shape index (κ3) is 4.33. The van der Waals surface area contributed by atoms with Crippen molar-refractivity contribution in [3.05, 3.63) is 42.1 Å². The Bertz CT molecular complexity index is 635. The first-order valence-corrected chi connectivity index (χ1v) is 7.76. The Kier molecular flexibility index (Phi) is 5.80. The van der Waals surface area contributed by atoms with Gasteiger partial charge in [0, 0.05) is 12.1 Å². The van der Waals surface area contributed by atoms with Crippen LogP contribution in [0, 0.1) is 5.41 Å². The Hall–Kier alpha value is -1.85. The molecule has 1 aliphatic rings. The standard InChI is InChI=1S/C17H22N4O.ClH/c1-17(7-9-18-10-8-17)12-19-16(22)15-11-14(20-21-15)13-5-3-2-4-6-13;/h2-6,11,18H,7-10,12H2,1H3,(H,19,22)(H,20,21);1H. The van der Waals surface area contributed by atoms with E-state index in [1.807, 2.05) is 30.3 Å². The van der Waals surface area contributed by atoms with E-state index in [1.54, 1.807) is 6.07 Å². The molecule has 23 heavy (non-hydrogen) atoms.